The van der Waals surface area contributed by atoms with Gasteiger partial charge < -0.3 is 14.5 Å². The van der Waals surface area contributed by atoms with Gasteiger partial charge in [-0.1, -0.05) is 30.3 Å². The zero-order valence-corrected chi connectivity index (χ0v) is 13.2. The summed E-state index contributed by atoms with van der Waals surface area (Å²) in [4.78, 5) is 4.90. The van der Waals surface area contributed by atoms with Crippen LogP contribution in [0.25, 0.3) is 0 Å². The van der Waals surface area contributed by atoms with Crippen molar-refractivity contribution in [1.29, 1.82) is 0 Å². The second-order valence-electron chi connectivity index (χ2n) is 6.42. The molecular formula is C19H22N2O. The molecular weight excluding hydrogens is 272 g/mol. The summed E-state index contributed by atoms with van der Waals surface area (Å²) in [5, 5.41) is 0. The number of nitrogens with zero attached hydrogens (tertiary/aromatic N) is 2. The van der Waals surface area contributed by atoms with Crippen molar-refractivity contribution >= 4 is 5.69 Å². The zero-order chi connectivity index (χ0) is 15.1. The maximum Gasteiger partial charge on any atom is 0.150 e. The summed E-state index contributed by atoms with van der Waals surface area (Å²) < 4.78 is 6.26. The Morgan fingerprint density at radius 2 is 1.73 bits per heavy atom. The van der Waals surface area contributed by atoms with E-state index in [-0.39, 0.29) is 0 Å². The summed E-state index contributed by atoms with van der Waals surface area (Å²) in [5.41, 5.74) is 2.52. The van der Waals surface area contributed by atoms with Gasteiger partial charge in [-0.25, -0.2) is 0 Å². The highest BCUT2D eigenvalue weighted by atomic mass is 16.5. The van der Waals surface area contributed by atoms with Crippen molar-refractivity contribution < 1.29 is 4.74 Å². The number of anilines is 1. The molecule has 0 unspecified atom stereocenters. The van der Waals surface area contributed by atoms with Crippen LogP contribution in [0, 0.1) is 0 Å². The lowest BCUT2D eigenvalue weighted by atomic mass is 9.89. The Balaban J connectivity index is 1.92. The smallest absolute Gasteiger partial charge is 0.150 e. The molecule has 2 aromatic carbocycles. The Labute approximate surface area is 132 Å². The third kappa shape index (κ3) is 2.08. The van der Waals surface area contributed by atoms with Crippen LogP contribution in [-0.2, 0) is 0 Å². The number of piperidine rings is 1. The molecule has 4 rings (SSSR count). The van der Waals surface area contributed by atoms with Crippen molar-refractivity contribution in [3.63, 3.8) is 0 Å². The molecule has 2 aliphatic rings. The van der Waals surface area contributed by atoms with E-state index in [9.17, 15) is 0 Å². The molecule has 1 saturated heterocycles. The van der Waals surface area contributed by atoms with E-state index in [1.54, 1.807) is 0 Å². The molecule has 0 amide bonds. The molecule has 0 N–H and O–H groups in total. The van der Waals surface area contributed by atoms with Crippen LogP contribution in [0.5, 0.6) is 11.5 Å². The molecule has 114 valence electrons. The third-order valence-corrected chi connectivity index (χ3v) is 4.89. The van der Waals surface area contributed by atoms with Gasteiger partial charge in [0.1, 0.15) is 5.75 Å². The van der Waals surface area contributed by atoms with Crippen molar-refractivity contribution in [3.8, 4) is 11.5 Å². The van der Waals surface area contributed by atoms with Crippen LogP contribution in [-0.4, -0.2) is 31.6 Å². The molecule has 0 bridgehead atoms. The van der Waals surface area contributed by atoms with E-state index in [0.29, 0.717) is 12.1 Å². The van der Waals surface area contributed by atoms with Crippen LogP contribution in [0.1, 0.15) is 24.4 Å². The van der Waals surface area contributed by atoms with E-state index in [2.05, 4.69) is 72.4 Å². The second-order valence-corrected chi connectivity index (χ2v) is 6.42. The lowest BCUT2D eigenvalue weighted by molar-refractivity contribution is 0.209. The molecule has 2 atom stereocenters. The Kier molecular flexibility index (Phi) is 3.30. The van der Waals surface area contributed by atoms with Crippen molar-refractivity contribution in [2.75, 3.05) is 25.5 Å². The summed E-state index contributed by atoms with van der Waals surface area (Å²) in [6, 6.07) is 17.8. The molecule has 2 heterocycles. The van der Waals surface area contributed by atoms with E-state index in [1.165, 1.54) is 24.1 Å². The second kappa shape index (κ2) is 5.33. The number of likely N-dealkylation sites (N-methyl/N-ethyl adjacent to an activating group) is 1. The lowest BCUT2D eigenvalue weighted by Gasteiger charge is -2.44. The Hall–Kier alpha value is -2.00. The first-order valence-electron chi connectivity index (χ1n) is 8.04. The fourth-order valence-electron chi connectivity index (χ4n) is 3.88. The van der Waals surface area contributed by atoms with Crippen molar-refractivity contribution in [2.45, 2.75) is 24.9 Å². The van der Waals surface area contributed by atoms with Gasteiger partial charge in [-0.15, -0.1) is 0 Å². The zero-order valence-electron chi connectivity index (χ0n) is 13.2. The third-order valence-electron chi connectivity index (χ3n) is 4.89. The summed E-state index contributed by atoms with van der Waals surface area (Å²) in [5.74, 6) is 1.97. The maximum atomic E-state index is 6.26. The molecule has 22 heavy (non-hydrogen) atoms. The van der Waals surface area contributed by atoms with Crippen molar-refractivity contribution in [2.24, 2.45) is 0 Å². The summed E-state index contributed by atoms with van der Waals surface area (Å²) in [7, 11) is 4.38. The minimum absolute atomic E-state index is 0.351. The molecule has 1 fully saturated rings. The van der Waals surface area contributed by atoms with E-state index in [0.717, 1.165) is 18.0 Å². The molecule has 0 spiro atoms. The molecule has 0 aromatic heterocycles. The quantitative estimate of drug-likeness (QED) is 0.788. The van der Waals surface area contributed by atoms with Gasteiger partial charge in [0.15, 0.2) is 5.75 Å². The number of hydrogen-bond acceptors (Lipinski definition) is 3. The van der Waals surface area contributed by atoms with E-state index < -0.39 is 0 Å². The van der Waals surface area contributed by atoms with E-state index in [4.69, 9.17) is 4.74 Å². The number of hydrogen-bond donors (Lipinski definition) is 0. The van der Waals surface area contributed by atoms with Gasteiger partial charge in [0.05, 0.1) is 11.7 Å². The summed E-state index contributed by atoms with van der Waals surface area (Å²) in [6.07, 6.45) is 2.44. The molecule has 3 heteroatoms. The Bertz CT molecular complexity index is 683. The first-order valence-corrected chi connectivity index (χ1v) is 8.04. The molecule has 2 aromatic rings. The van der Waals surface area contributed by atoms with E-state index >= 15 is 0 Å². The number of fused-ring (bicyclic) bond motifs is 5. The maximum absolute atomic E-state index is 6.26. The summed E-state index contributed by atoms with van der Waals surface area (Å²) >= 11 is 0. The fraction of sp³-hybridized carbons (Fsp3) is 0.368. The van der Waals surface area contributed by atoms with Gasteiger partial charge in [0.2, 0.25) is 0 Å². The Morgan fingerprint density at radius 1 is 1.00 bits per heavy atom. The van der Waals surface area contributed by atoms with Gasteiger partial charge in [0.25, 0.3) is 0 Å². The van der Waals surface area contributed by atoms with Crippen molar-refractivity contribution in [1.82, 2.24) is 4.90 Å². The number of rotatable bonds is 1. The number of para-hydroxylation sites is 3. The van der Waals surface area contributed by atoms with Gasteiger partial charge in [-0.3, -0.25) is 0 Å². The number of benzene rings is 2. The largest absolute Gasteiger partial charge is 0.455 e. The SMILES string of the molecule is CN(C)[C@@H]1CCCN2c3ccccc3Oc3ccccc3[C@@H]12. The average molecular weight is 294 g/mol. The van der Waals surface area contributed by atoms with Gasteiger partial charge >= 0.3 is 0 Å². The topological polar surface area (TPSA) is 15.7 Å². The van der Waals surface area contributed by atoms with Crippen LogP contribution in [0.4, 0.5) is 5.69 Å². The molecule has 3 nitrogen and oxygen atoms in total. The normalized spacial score (nSPS) is 23.1. The van der Waals surface area contributed by atoms with Gasteiger partial charge in [-0.05, 0) is 45.1 Å². The number of ether oxygens (including phenoxy) is 1. The standard InChI is InChI=1S/C19H22N2O/c1-20(2)16-10-7-13-21-15-9-4-6-12-18(15)22-17-11-5-3-8-14(17)19(16)21/h3-6,8-9,11-12,16,19H,7,10,13H2,1-2H3/t16-,19+/m1/s1. The average Bonchev–Trinajstić information content (AvgIpc) is 2.69. The molecule has 0 saturated carbocycles. The highest BCUT2D eigenvalue weighted by Crippen LogP contribution is 2.47. The molecule has 0 aliphatic carbocycles. The van der Waals surface area contributed by atoms with Crippen LogP contribution < -0.4 is 9.64 Å². The molecule has 2 aliphatic heterocycles. The van der Waals surface area contributed by atoms with Crippen LogP contribution in [0.15, 0.2) is 48.5 Å². The van der Waals surface area contributed by atoms with Gasteiger partial charge in [-0.2, -0.15) is 0 Å². The first kappa shape index (κ1) is 13.6. The monoisotopic (exact) mass is 294 g/mol. The van der Waals surface area contributed by atoms with E-state index in [1.807, 2.05) is 0 Å². The lowest BCUT2D eigenvalue weighted by Crippen LogP contribution is -2.47. The molecule has 0 radical (unpaired) electrons. The highest BCUT2D eigenvalue weighted by Gasteiger charge is 2.38. The predicted molar refractivity (Wildman–Crippen MR) is 89.8 cm³/mol. The first-order chi connectivity index (χ1) is 10.8. The summed E-state index contributed by atoms with van der Waals surface area (Å²) in [6.45, 7) is 1.09. The highest BCUT2D eigenvalue weighted by molar-refractivity contribution is 5.64. The van der Waals surface area contributed by atoms with Crippen molar-refractivity contribution in [3.05, 3.63) is 54.1 Å². The van der Waals surface area contributed by atoms with Crippen LogP contribution in [0.3, 0.4) is 0 Å². The Morgan fingerprint density at radius 3 is 2.55 bits per heavy atom. The predicted octanol–water partition coefficient (Wildman–Crippen LogP) is 4.06. The fourth-order valence-corrected chi connectivity index (χ4v) is 3.88. The van der Waals surface area contributed by atoms with Gasteiger partial charge in [0, 0.05) is 18.2 Å². The minimum Gasteiger partial charge on any atom is -0.455 e. The van der Waals surface area contributed by atoms with Crippen LogP contribution in [0.2, 0.25) is 0 Å². The van der Waals surface area contributed by atoms with Crippen LogP contribution >= 0.6 is 0 Å². The minimum atomic E-state index is 0.351.